The number of halogens is 3. The van der Waals surface area contributed by atoms with Gasteiger partial charge in [0.05, 0.1) is 6.61 Å². The molecule has 0 aromatic heterocycles. The van der Waals surface area contributed by atoms with Gasteiger partial charge in [0.25, 0.3) is 5.91 Å². The average molecular weight is 345 g/mol. The van der Waals surface area contributed by atoms with Gasteiger partial charge in [-0.15, -0.1) is 0 Å². The molecule has 2 amide bonds. The molecule has 1 fully saturated rings. The number of alkyl halides is 3. The smallest absolute Gasteiger partial charge is 0.366 e. The number of nitrogens with zero attached hydrogens (tertiary/aromatic N) is 1. The van der Waals surface area contributed by atoms with Crippen LogP contribution in [0.15, 0.2) is 24.3 Å². The lowest BCUT2D eigenvalue weighted by molar-refractivity contribution is -0.184. The molecule has 1 aliphatic heterocycles. The lowest BCUT2D eigenvalue weighted by Gasteiger charge is -2.23. The summed E-state index contributed by atoms with van der Waals surface area (Å²) in [6.45, 7) is 1.29. The fourth-order valence-electron chi connectivity index (χ4n) is 2.27. The minimum absolute atomic E-state index is 0.219. The van der Waals surface area contributed by atoms with Crippen molar-refractivity contribution in [2.45, 2.75) is 18.8 Å². The van der Waals surface area contributed by atoms with E-state index in [0.717, 1.165) is 7.05 Å². The highest BCUT2D eigenvalue weighted by Gasteiger charge is 2.41. The second-order valence-corrected chi connectivity index (χ2v) is 5.41. The predicted octanol–water partition coefficient (Wildman–Crippen LogP) is 1.13. The maximum Gasteiger partial charge on any atom is 0.471 e. The molecule has 0 aliphatic carbocycles. The van der Waals surface area contributed by atoms with E-state index in [1.807, 2.05) is 0 Å². The number of benzene rings is 1. The quantitative estimate of drug-likeness (QED) is 0.858. The van der Waals surface area contributed by atoms with Gasteiger partial charge in [-0.1, -0.05) is 12.1 Å². The Kier molecular flexibility index (Phi) is 5.79. The Labute approximate surface area is 137 Å². The Bertz CT molecular complexity index is 601. The van der Waals surface area contributed by atoms with Gasteiger partial charge < -0.3 is 20.3 Å². The van der Waals surface area contributed by atoms with Crippen LogP contribution in [0.4, 0.5) is 18.9 Å². The van der Waals surface area contributed by atoms with Gasteiger partial charge in [-0.3, -0.25) is 9.59 Å². The molecule has 0 saturated carbocycles. The van der Waals surface area contributed by atoms with E-state index in [2.05, 4.69) is 10.6 Å². The molecule has 1 aromatic rings. The molecule has 6 nitrogen and oxygen atoms in total. The summed E-state index contributed by atoms with van der Waals surface area (Å²) in [4.78, 5) is 23.8. The number of carbonyl (C=O) groups excluding carboxylic acids is 2. The van der Waals surface area contributed by atoms with Crippen molar-refractivity contribution in [3.63, 3.8) is 0 Å². The van der Waals surface area contributed by atoms with Crippen molar-refractivity contribution < 1.29 is 27.5 Å². The summed E-state index contributed by atoms with van der Waals surface area (Å²) in [7, 11) is 1.07. The van der Waals surface area contributed by atoms with Crippen LogP contribution in [0.1, 0.15) is 5.56 Å². The standard InChI is InChI=1S/C15H18F3N3O3/c1-21(14(23)15(16,17)18)9-10-3-2-4-11(7-10)20-13(22)12-8-19-5-6-24-12/h2-4,7,12,19H,5-6,8-9H2,1H3,(H,20,22)/t12-/m1/s1. The van der Waals surface area contributed by atoms with Gasteiger partial charge in [0.15, 0.2) is 0 Å². The topological polar surface area (TPSA) is 70.7 Å². The van der Waals surface area contributed by atoms with Gasteiger partial charge in [0, 0.05) is 32.4 Å². The molecule has 1 heterocycles. The predicted molar refractivity (Wildman–Crippen MR) is 80.2 cm³/mol. The van der Waals surface area contributed by atoms with Crippen LogP contribution in [0.3, 0.4) is 0 Å². The number of nitrogens with one attached hydrogen (secondary N) is 2. The molecular weight excluding hydrogens is 327 g/mol. The van der Waals surface area contributed by atoms with Crippen LogP contribution in [0, 0.1) is 0 Å². The van der Waals surface area contributed by atoms with Gasteiger partial charge in [-0.2, -0.15) is 13.2 Å². The van der Waals surface area contributed by atoms with Crippen LogP contribution in [0.5, 0.6) is 0 Å². The Morgan fingerprint density at radius 1 is 1.42 bits per heavy atom. The van der Waals surface area contributed by atoms with Crippen LogP contribution < -0.4 is 10.6 Å². The second-order valence-electron chi connectivity index (χ2n) is 5.41. The first-order valence-electron chi connectivity index (χ1n) is 7.32. The molecule has 0 unspecified atom stereocenters. The van der Waals surface area contributed by atoms with Crippen molar-refractivity contribution in [3.05, 3.63) is 29.8 Å². The number of ether oxygens (including phenoxy) is 1. The molecule has 0 bridgehead atoms. The highest BCUT2D eigenvalue weighted by atomic mass is 19.4. The van der Waals surface area contributed by atoms with Gasteiger partial charge >= 0.3 is 12.1 Å². The van der Waals surface area contributed by atoms with Crippen molar-refractivity contribution in [1.29, 1.82) is 0 Å². The largest absolute Gasteiger partial charge is 0.471 e. The molecule has 1 aliphatic rings. The van der Waals surface area contributed by atoms with Crippen LogP contribution >= 0.6 is 0 Å². The number of anilines is 1. The number of rotatable bonds is 4. The van der Waals surface area contributed by atoms with Crippen LogP contribution in [-0.4, -0.2) is 55.7 Å². The van der Waals surface area contributed by atoms with Crippen molar-refractivity contribution >= 4 is 17.5 Å². The van der Waals surface area contributed by atoms with E-state index >= 15 is 0 Å². The zero-order chi connectivity index (χ0) is 17.7. The van der Waals surface area contributed by atoms with Crippen molar-refractivity contribution in [2.75, 3.05) is 32.1 Å². The Morgan fingerprint density at radius 3 is 2.79 bits per heavy atom. The minimum atomic E-state index is -4.91. The van der Waals surface area contributed by atoms with E-state index in [9.17, 15) is 22.8 Å². The fraction of sp³-hybridized carbons (Fsp3) is 0.467. The zero-order valence-electron chi connectivity index (χ0n) is 13.0. The van der Waals surface area contributed by atoms with Gasteiger partial charge in [-0.05, 0) is 17.7 Å². The number of hydrogen-bond donors (Lipinski definition) is 2. The first-order valence-corrected chi connectivity index (χ1v) is 7.32. The summed E-state index contributed by atoms with van der Waals surface area (Å²) < 4.78 is 42.5. The van der Waals surface area contributed by atoms with Gasteiger partial charge in [-0.25, -0.2) is 0 Å². The molecule has 1 saturated heterocycles. The summed E-state index contributed by atoms with van der Waals surface area (Å²) >= 11 is 0. The molecule has 1 aromatic carbocycles. The second kappa shape index (κ2) is 7.63. The molecular formula is C15H18F3N3O3. The lowest BCUT2D eigenvalue weighted by atomic mass is 10.2. The molecule has 2 N–H and O–H groups in total. The Hall–Kier alpha value is -2.13. The lowest BCUT2D eigenvalue weighted by Crippen LogP contribution is -2.45. The summed E-state index contributed by atoms with van der Waals surface area (Å²) in [6.07, 6.45) is -5.52. The van der Waals surface area contributed by atoms with E-state index < -0.39 is 18.2 Å². The fourth-order valence-corrected chi connectivity index (χ4v) is 2.27. The van der Waals surface area contributed by atoms with Crippen LogP contribution in [-0.2, 0) is 20.9 Å². The van der Waals surface area contributed by atoms with E-state index in [-0.39, 0.29) is 12.5 Å². The number of hydrogen-bond acceptors (Lipinski definition) is 4. The minimum Gasteiger partial charge on any atom is -0.366 e. The summed E-state index contributed by atoms with van der Waals surface area (Å²) in [6, 6.07) is 6.31. The van der Waals surface area contributed by atoms with E-state index in [1.165, 1.54) is 6.07 Å². The molecule has 0 radical (unpaired) electrons. The SMILES string of the molecule is CN(Cc1cccc(NC(=O)[C@H]2CNCCO2)c1)C(=O)C(F)(F)F. The van der Waals surface area contributed by atoms with E-state index in [4.69, 9.17) is 4.74 Å². The van der Waals surface area contributed by atoms with E-state index in [1.54, 1.807) is 18.2 Å². The molecule has 1 atom stereocenters. The van der Waals surface area contributed by atoms with E-state index in [0.29, 0.717) is 35.8 Å². The first kappa shape index (κ1) is 18.2. The van der Waals surface area contributed by atoms with Crippen LogP contribution in [0.2, 0.25) is 0 Å². The third kappa shape index (κ3) is 4.93. The van der Waals surface area contributed by atoms with Gasteiger partial charge in [0.2, 0.25) is 0 Å². The average Bonchev–Trinajstić information content (AvgIpc) is 2.54. The summed E-state index contributed by atoms with van der Waals surface area (Å²) in [5.41, 5.74) is 0.898. The third-order valence-corrected chi connectivity index (χ3v) is 3.42. The Balaban J connectivity index is 1.98. The van der Waals surface area contributed by atoms with Crippen molar-refractivity contribution in [2.24, 2.45) is 0 Å². The molecule has 132 valence electrons. The zero-order valence-corrected chi connectivity index (χ0v) is 13.0. The molecule has 9 heteroatoms. The third-order valence-electron chi connectivity index (χ3n) is 3.42. The van der Waals surface area contributed by atoms with Gasteiger partial charge in [0.1, 0.15) is 6.10 Å². The normalized spacial score (nSPS) is 18.1. The summed E-state index contributed by atoms with van der Waals surface area (Å²) in [5, 5.41) is 5.68. The molecule has 0 spiro atoms. The Morgan fingerprint density at radius 2 is 2.17 bits per heavy atom. The molecule has 2 rings (SSSR count). The molecule has 24 heavy (non-hydrogen) atoms. The number of carbonyl (C=O) groups is 2. The highest BCUT2D eigenvalue weighted by Crippen LogP contribution is 2.20. The summed E-state index contributed by atoms with van der Waals surface area (Å²) in [5.74, 6) is -2.25. The van der Waals surface area contributed by atoms with Crippen molar-refractivity contribution in [1.82, 2.24) is 10.2 Å². The highest BCUT2D eigenvalue weighted by molar-refractivity contribution is 5.94. The first-order chi connectivity index (χ1) is 11.3. The maximum atomic E-state index is 12.4. The van der Waals surface area contributed by atoms with Crippen LogP contribution in [0.25, 0.3) is 0 Å². The maximum absolute atomic E-state index is 12.4. The van der Waals surface area contributed by atoms with Crippen molar-refractivity contribution in [3.8, 4) is 0 Å². The number of morpholine rings is 1. The monoisotopic (exact) mass is 345 g/mol. The number of amides is 2.